The van der Waals surface area contributed by atoms with Crippen molar-refractivity contribution in [1.29, 1.82) is 0 Å². The summed E-state index contributed by atoms with van der Waals surface area (Å²) < 4.78 is 10.4. The van der Waals surface area contributed by atoms with Gasteiger partial charge in [0.1, 0.15) is 11.5 Å². The molecule has 6 nitrogen and oxygen atoms in total. The zero-order valence-corrected chi connectivity index (χ0v) is 15.3. The second kappa shape index (κ2) is 9.46. The van der Waals surface area contributed by atoms with E-state index in [-0.39, 0.29) is 18.4 Å². The van der Waals surface area contributed by atoms with Gasteiger partial charge in [0.2, 0.25) is 11.8 Å². The van der Waals surface area contributed by atoms with Crippen LogP contribution >= 0.6 is 0 Å². The summed E-state index contributed by atoms with van der Waals surface area (Å²) in [4.78, 5) is 25.7. The molecule has 0 aliphatic heterocycles. The quantitative estimate of drug-likeness (QED) is 0.790. The van der Waals surface area contributed by atoms with Crippen molar-refractivity contribution >= 4 is 17.5 Å². The molecule has 0 unspecified atom stereocenters. The highest BCUT2D eigenvalue weighted by Gasteiger charge is 2.15. The van der Waals surface area contributed by atoms with Gasteiger partial charge >= 0.3 is 0 Å². The minimum atomic E-state index is -0.264. The molecule has 138 valence electrons. The molecule has 0 fully saturated rings. The van der Waals surface area contributed by atoms with Crippen LogP contribution in [0.2, 0.25) is 0 Å². The third kappa shape index (κ3) is 5.51. The number of anilines is 1. The van der Waals surface area contributed by atoms with Gasteiger partial charge < -0.3 is 19.7 Å². The number of ether oxygens (including phenoxy) is 2. The minimum absolute atomic E-state index is 0.0104. The summed E-state index contributed by atoms with van der Waals surface area (Å²) in [5, 5.41) is 2.79. The fourth-order valence-electron chi connectivity index (χ4n) is 2.52. The van der Waals surface area contributed by atoms with Crippen molar-refractivity contribution in [2.75, 3.05) is 32.6 Å². The van der Waals surface area contributed by atoms with Crippen LogP contribution in [0.25, 0.3) is 0 Å². The number of hydrogen-bond acceptors (Lipinski definition) is 4. The lowest BCUT2D eigenvalue weighted by Crippen LogP contribution is -2.38. The Hall–Kier alpha value is -3.02. The highest BCUT2D eigenvalue weighted by atomic mass is 16.5. The number of hydrogen-bond donors (Lipinski definition) is 1. The second-order valence-corrected chi connectivity index (χ2v) is 5.79. The lowest BCUT2D eigenvalue weighted by Gasteiger charge is -2.21. The van der Waals surface area contributed by atoms with Crippen molar-refractivity contribution in [3.8, 4) is 11.5 Å². The molecule has 6 heteroatoms. The van der Waals surface area contributed by atoms with Crippen molar-refractivity contribution in [2.24, 2.45) is 0 Å². The van der Waals surface area contributed by atoms with Gasteiger partial charge in [-0.15, -0.1) is 0 Å². The van der Waals surface area contributed by atoms with E-state index < -0.39 is 0 Å². The second-order valence-electron chi connectivity index (χ2n) is 5.79. The Kier molecular flexibility index (Phi) is 7.02. The third-order valence-electron chi connectivity index (χ3n) is 3.99. The van der Waals surface area contributed by atoms with Crippen LogP contribution in [0.3, 0.4) is 0 Å². The molecule has 0 bridgehead atoms. The summed E-state index contributed by atoms with van der Waals surface area (Å²) in [5.41, 5.74) is 1.65. The van der Waals surface area contributed by atoms with E-state index >= 15 is 0 Å². The standard InChI is InChI=1S/C20H24N2O4/c1-15(23)22(13-12-16-8-10-17(25-2)11-9-16)14-20(24)21-18-6-4-5-7-19(18)26-3/h4-11H,12-14H2,1-3H3,(H,21,24). The molecule has 1 N–H and O–H groups in total. The van der Waals surface area contributed by atoms with E-state index in [1.54, 1.807) is 26.4 Å². The number of rotatable bonds is 8. The first-order valence-corrected chi connectivity index (χ1v) is 8.34. The summed E-state index contributed by atoms with van der Waals surface area (Å²) in [5.74, 6) is 0.954. The molecule has 0 saturated carbocycles. The number of methoxy groups -OCH3 is 2. The monoisotopic (exact) mass is 356 g/mol. The molecular weight excluding hydrogens is 332 g/mol. The van der Waals surface area contributed by atoms with E-state index in [0.717, 1.165) is 11.3 Å². The molecule has 0 spiro atoms. The molecule has 0 aliphatic rings. The molecule has 0 saturated heterocycles. The van der Waals surface area contributed by atoms with E-state index in [1.807, 2.05) is 36.4 Å². The van der Waals surface area contributed by atoms with E-state index in [9.17, 15) is 9.59 Å². The summed E-state index contributed by atoms with van der Waals surface area (Å²) in [6, 6.07) is 14.8. The number of nitrogens with one attached hydrogen (secondary N) is 1. The van der Waals surface area contributed by atoms with E-state index in [0.29, 0.717) is 24.4 Å². The van der Waals surface area contributed by atoms with Crippen LogP contribution in [0, 0.1) is 0 Å². The van der Waals surface area contributed by atoms with Gasteiger partial charge in [-0.2, -0.15) is 0 Å². The number of carbonyl (C=O) groups is 2. The maximum absolute atomic E-state index is 12.3. The van der Waals surface area contributed by atoms with Crippen LogP contribution < -0.4 is 14.8 Å². The maximum Gasteiger partial charge on any atom is 0.244 e. The molecule has 2 amide bonds. The first-order valence-electron chi connectivity index (χ1n) is 8.34. The SMILES string of the molecule is COc1ccc(CCN(CC(=O)Nc2ccccc2OC)C(C)=O)cc1. The van der Waals surface area contributed by atoms with Gasteiger partial charge in [0, 0.05) is 13.5 Å². The number of benzene rings is 2. The van der Waals surface area contributed by atoms with E-state index in [4.69, 9.17) is 9.47 Å². The van der Waals surface area contributed by atoms with Gasteiger partial charge in [-0.3, -0.25) is 9.59 Å². The predicted octanol–water partition coefficient (Wildman–Crippen LogP) is 2.73. The fourth-order valence-corrected chi connectivity index (χ4v) is 2.52. The molecule has 0 heterocycles. The molecule has 0 aromatic heterocycles. The molecule has 2 aromatic carbocycles. The molecule has 2 aromatic rings. The van der Waals surface area contributed by atoms with Crippen LogP contribution in [0.5, 0.6) is 11.5 Å². The van der Waals surface area contributed by atoms with Gasteiger partial charge in [-0.25, -0.2) is 0 Å². The first-order chi connectivity index (χ1) is 12.5. The zero-order valence-electron chi connectivity index (χ0n) is 15.3. The smallest absolute Gasteiger partial charge is 0.244 e. The molecule has 0 aliphatic carbocycles. The number of carbonyl (C=O) groups excluding carboxylic acids is 2. The zero-order chi connectivity index (χ0) is 18.9. The summed E-state index contributed by atoms with van der Waals surface area (Å²) in [7, 11) is 3.16. The highest BCUT2D eigenvalue weighted by Crippen LogP contribution is 2.22. The Balaban J connectivity index is 1.94. The Bertz CT molecular complexity index is 744. The van der Waals surface area contributed by atoms with Gasteiger partial charge in [-0.1, -0.05) is 24.3 Å². The Labute approximate surface area is 153 Å². The first kappa shape index (κ1) is 19.3. The van der Waals surface area contributed by atoms with Crippen LogP contribution in [0.1, 0.15) is 12.5 Å². The Morgan fingerprint density at radius 3 is 2.31 bits per heavy atom. The molecule has 0 radical (unpaired) electrons. The highest BCUT2D eigenvalue weighted by molar-refractivity contribution is 5.95. The van der Waals surface area contributed by atoms with Crippen molar-refractivity contribution < 1.29 is 19.1 Å². The number of nitrogens with zero attached hydrogens (tertiary/aromatic N) is 1. The molecular formula is C20H24N2O4. The fraction of sp³-hybridized carbons (Fsp3) is 0.300. The normalized spacial score (nSPS) is 10.1. The van der Waals surface area contributed by atoms with Gasteiger partial charge in [0.05, 0.1) is 26.5 Å². The minimum Gasteiger partial charge on any atom is -0.497 e. The van der Waals surface area contributed by atoms with Crippen LogP contribution in [0.15, 0.2) is 48.5 Å². The Morgan fingerprint density at radius 2 is 1.69 bits per heavy atom. The van der Waals surface area contributed by atoms with Gasteiger partial charge in [0.25, 0.3) is 0 Å². The largest absolute Gasteiger partial charge is 0.497 e. The van der Waals surface area contributed by atoms with Crippen LogP contribution in [-0.2, 0) is 16.0 Å². The average molecular weight is 356 g/mol. The number of amides is 2. The average Bonchev–Trinajstić information content (AvgIpc) is 2.65. The van der Waals surface area contributed by atoms with Crippen LogP contribution in [0.4, 0.5) is 5.69 Å². The third-order valence-corrected chi connectivity index (χ3v) is 3.99. The summed E-state index contributed by atoms with van der Waals surface area (Å²) in [6.07, 6.45) is 0.658. The Morgan fingerprint density at radius 1 is 1.00 bits per heavy atom. The van der Waals surface area contributed by atoms with Crippen molar-refractivity contribution in [1.82, 2.24) is 4.90 Å². The van der Waals surface area contributed by atoms with Gasteiger partial charge in [0.15, 0.2) is 0 Å². The van der Waals surface area contributed by atoms with E-state index in [1.165, 1.54) is 11.8 Å². The van der Waals surface area contributed by atoms with Crippen LogP contribution in [-0.4, -0.2) is 44.0 Å². The lowest BCUT2D eigenvalue weighted by molar-refractivity contribution is -0.132. The predicted molar refractivity (Wildman–Crippen MR) is 101 cm³/mol. The summed E-state index contributed by atoms with van der Waals surface area (Å²) >= 11 is 0. The van der Waals surface area contributed by atoms with Crippen molar-refractivity contribution in [3.63, 3.8) is 0 Å². The topological polar surface area (TPSA) is 67.9 Å². The molecule has 2 rings (SSSR count). The molecule has 0 atom stereocenters. The molecule has 26 heavy (non-hydrogen) atoms. The lowest BCUT2D eigenvalue weighted by atomic mass is 10.1. The maximum atomic E-state index is 12.3. The van der Waals surface area contributed by atoms with Crippen molar-refractivity contribution in [3.05, 3.63) is 54.1 Å². The van der Waals surface area contributed by atoms with E-state index in [2.05, 4.69) is 5.32 Å². The van der Waals surface area contributed by atoms with Gasteiger partial charge in [-0.05, 0) is 36.2 Å². The van der Waals surface area contributed by atoms with Crippen molar-refractivity contribution in [2.45, 2.75) is 13.3 Å². The number of para-hydroxylation sites is 2. The summed E-state index contributed by atoms with van der Waals surface area (Å²) in [6.45, 7) is 1.91.